The molecule has 0 saturated heterocycles. The van der Waals surface area contributed by atoms with Gasteiger partial charge >= 0.3 is 5.97 Å². The Labute approximate surface area is 116 Å². The molecule has 0 spiro atoms. The van der Waals surface area contributed by atoms with Crippen molar-refractivity contribution in [3.63, 3.8) is 0 Å². The van der Waals surface area contributed by atoms with Crippen LogP contribution in [0.2, 0.25) is 0 Å². The van der Waals surface area contributed by atoms with Crippen LogP contribution in [0.5, 0.6) is 0 Å². The predicted molar refractivity (Wildman–Crippen MR) is 70.6 cm³/mol. The van der Waals surface area contributed by atoms with Crippen molar-refractivity contribution in [1.82, 2.24) is 4.98 Å². The van der Waals surface area contributed by atoms with Crippen LogP contribution >= 0.6 is 0 Å². The molecule has 0 bridgehead atoms. The molecule has 1 aromatic heterocycles. The van der Waals surface area contributed by atoms with E-state index < -0.39 is 5.97 Å². The number of ether oxygens (including phenoxy) is 1. The van der Waals surface area contributed by atoms with Crippen molar-refractivity contribution in [2.45, 2.75) is 24.9 Å². The fourth-order valence-electron chi connectivity index (χ4n) is 2.47. The number of methoxy groups -OCH3 is 1. The molecule has 2 aromatic rings. The Balaban J connectivity index is 2.03. The van der Waals surface area contributed by atoms with Crippen molar-refractivity contribution in [3.8, 4) is 0 Å². The average molecular weight is 273 g/mol. The van der Waals surface area contributed by atoms with Crippen molar-refractivity contribution in [2.24, 2.45) is 0 Å². The van der Waals surface area contributed by atoms with E-state index in [-0.39, 0.29) is 17.8 Å². The Kier molecular flexibility index (Phi) is 3.06. The molecule has 0 unspecified atom stereocenters. The van der Waals surface area contributed by atoms with Crippen LogP contribution in [0.15, 0.2) is 34.7 Å². The third-order valence-corrected chi connectivity index (χ3v) is 3.66. The summed E-state index contributed by atoms with van der Waals surface area (Å²) in [5.41, 5.74) is 1.19. The highest BCUT2D eigenvalue weighted by Crippen LogP contribution is 2.53. The number of aromatic carboxylic acids is 1. The quantitative estimate of drug-likeness (QED) is 0.906. The number of hydrogen-bond donors (Lipinski definition) is 1. The van der Waals surface area contributed by atoms with Gasteiger partial charge in [0.25, 0.3) is 0 Å². The van der Waals surface area contributed by atoms with Crippen molar-refractivity contribution < 1.29 is 19.1 Å². The highest BCUT2D eigenvalue weighted by molar-refractivity contribution is 5.85. The molecular weight excluding hydrogens is 258 g/mol. The minimum atomic E-state index is -1.11. The van der Waals surface area contributed by atoms with Gasteiger partial charge in [0, 0.05) is 7.11 Å². The maximum absolute atomic E-state index is 11.2. The molecular formula is C15H15NO4. The Bertz CT molecular complexity index is 629. The predicted octanol–water partition coefficient (Wildman–Crippen LogP) is 2.60. The molecule has 0 aliphatic heterocycles. The largest absolute Gasteiger partial charge is 0.475 e. The van der Waals surface area contributed by atoms with Gasteiger partial charge in [0.1, 0.15) is 5.69 Å². The van der Waals surface area contributed by atoms with Crippen LogP contribution in [0, 0.1) is 0 Å². The molecule has 1 saturated carbocycles. The summed E-state index contributed by atoms with van der Waals surface area (Å²) in [5.74, 6) is -0.753. The van der Waals surface area contributed by atoms with E-state index in [4.69, 9.17) is 9.15 Å². The Hall–Kier alpha value is -2.14. The van der Waals surface area contributed by atoms with Gasteiger partial charge in [-0.15, -0.1) is 0 Å². The summed E-state index contributed by atoms with van der Waals surface area (Å²) in [6.07, 6.45) is 1.84. The molecule has 0 atom stereocenters. The number of benzene rings is 1. The molecule has 20 heavy (non-hydrogen) atoms. The first-order chi connectivity index (χ1) is 9.67. The summed E-state index contributed by atoms with van der Waals surface area (Å²) in [5, 5.41) is 9.17. The van der Waals surface area contributed by atoms with Gasteiger partial charge in [-0.1, -0.05) is 30.3 Å². The lowest BCUT2D eigenvalue weighted by atomic mass is 9.96. The minimum absolute atomic E-state index is 0.121. The molecule has 1 aliphatic carbocycles. The molecule has 1 aromatic carbocycles. The second-order valence-corrected chi connectivity index (χ2v) is 4.98. The van der Waals surface area contributed by atoms with E-state index in [1.165, 1.54) is 7.11 Å². The molecule has 1 aliphatic rings. The Morgan fingerprint density at radius 2 is 2.10 bits per heavy atom. The van der Waals surface area contributed by atoms with Crippen molar-refractivity contribution >= 4 is 5.97 Å². The van der Waals surface area contributed by atoms with Crippen LogP contribution in [0.3, 0.4) is 0 Å². The third-order valence-electron chi connectivity index (χ3n) is 3.66. The zero-order valence-corrected chi connectivity index (χ0v) is 11.1. The Morgan fingerprint density at radius 1 is 1.40 bits per heavy atom. The number of aromatic nitrogens is 1. The van der Waals surface area contributed by atoms with Crippen molar-refractivity contribution in [1.29, 1.82) is 0 Å². The maximum atomic E-state index is 11.2. The zero-order chi connectivity index (χ0) is 14.2. The fraction of sp³-hybridized carbons (Fsp3) is 0.333. The fourth-order valence-corrected chi connectivity index (χ4v) is 2.47. The lowest BCUT2D eigenvalue weighted by Crippen LogP contribution is -2.09. The molecule has 104 valence electrons. The van der Waals surface area contributed by atoms with E-state index in [0.717, 1.165) is 18.4 Å². The van der Waals surface area contributed by atoms with Gasteiger partial charge in [0.2, 0.25) is 11.7 Å². The maximum Gasteiger partial charge on any atom is 0.373 e. The minimum Gasteiger partial charge on any atom is -0.475 e. The van der Waals surface area contributed by atoms with Crippen LogP contribution in [0.1, 0.15) is 40.5 Å². The first kappa shape index (κ1) is 12.9. The van der Waals surface area contributed by atoms with Crippen molar-refractivity contribution in [3.05, 3.63) is 53.2 Å². The second kappa shape index (κ2) is 4.76. The van der Waals surface area contributed by atoms with Gasteiger partial charge in [-0.3, -0.25) is 0 Å². The van der Waals surface area contributed by atoms with Gasteiger partial charge in [-0.25, -0.2) is 9.78 Å². The number of rotatable bonds is 5. The summed E-state index contributed by atoms with van der Waals surface area (Å²) in [6.45, 7) is 0.135. The van der Waals surface area contributed by atoms with Gasteiger partial charge in [0.15, 0.2) is 0 Å². The summed E-state index contributed by atoms with van der Waals surface area (Å²) in [4.78, 5) is 15.6. The first-order valence-electron chi connectivity index (χ1n) is 6.45. The molecule has 1 N–H and O–H groups in total. The summed E-state index contributed by atoms with van der Waals surface area (Å²) in [7, 11) is 1.50. The number of carboxylic acid groups (broad SMARTS) is 1. The monoisotopic (exact) mass is 273 g/mol. The normalized spacial score (nSPS) is 16.1. The number of nitrogens with zero attached hydrogens (tertiary/aromatic N) is 1. The SMILES string of the molecule is COCc1nc(C2(c3ccccc3)CC2)oc1C(=O)O. The topological polar surface area (TPSA) is 72.6 Å². The van der Waals surface area contributed by atoms with E-state index in [2.05, 4.69) is 4.98 Å². The average Bonchev–Trinajstić information content (AvgIpc) is 3.16. The summed E-state index contributed by atoms with van der Waals surface area (Å²) < 4.78 is 10.5. The summed E-state index contributed by atoms with van der Waals surface area (Å²) in [6, 6.07) is 9.93. The first-order valence-corrected chi connectivity index (χ1v) is 6.45. The van der Waals surface area contributed by atoms with Crippen LogP contribution in [0.25, 0.3) is 0 Å². The van der Waals surface area contributed by atoms with Crippen LogP contribution in [0.4, 0.5) is 0 Å². The molecule has 1 heterocycles. The van der Waals surface area contributed by atoms with Gasteiger partial charge < -0.3 is 14.3 Å². The van der Waals surface area contributed by atoms with Gasteiger partial charge in [0.05, 0.1) is 12.0 Å². The molecule has 0 amide bonds. The standard InChI is InChI=1S/C15H15NO4/c1-19-9-11-12(13(17)18)20-14(16-11)15(7-8-15)10-5-3-2-4-6-10/h2-6H,7-9H2,1H3,(H,17,18). The zero-order valence-electron chi connectivity index (χ0n) is 11.1. The van der Waals surface area contributed by atoms with E-state index >= 15 is 0 Å². The second-order valence-electron chi connectivity index (χ2n) is 4.98. The van der Waals surface area contributed by atoms with E-state index in [9.17, 15) is 9.90 Å². The highest BCUT2D eigenvalue weighted by atomic mass is 16.5. The smallest absolute Gasteiger partial charge is 0.373 e. The van der Waals surface area contributed by atoms with E-state index in [0.29, 0.717) is 11.6 Å². The number of carbonyl (C=O) groups is 1. The van der Waals surface area contributed by atoms with E-state index in [1.54, 1.807) is 0 Å². The molecule has 0 radical (unpaired) electrons. The summed E-state index contributed by atoms with van der Waals surface area (Å²) >= 11 is 0. The molecule has 1 fully saturated rings. The van der Waals surface area contributed by atoms with Gasteiger partial charge in [-0.2, -0.15) is 0 Å². The molecule has 5 heteroatoms. The van der Waals surface area contributed by atoms with Gasteiger partial charge in [-0.05, 0) is 18.4 Å². The van der Waals surface area contributed by atoms with Crippen molar-refractivity contribution in [2.75, 3.05) is 7.11 Å². The Morgan fingerprint density at radius 3 is 2.65 bits per heavy atom. The highest BCUT2D eigenvalue weighted by Gasteiger charge is 2.50. The lowest BCUT2D eigenvalue weighted by molar-refractivity contribution is 0.0653. The van der Waals surface area contributed by atoms with Crippen LogP contribution < -0.4 is 0 Å². The third kappa shape index (κ3) is 2.00. The number of hydrogen-bond acceptors (Lipinski definition) is 4. The number of oxazole rings is 1. The number of carboxylic acids is 1. The molecule has 5 nitrogen and oxygen atoms in total. The van der Waals surface area contributed by atoms with E-state index in [1.807, 2.05) is 30.3 Å². The van der Waals surface area contributed by atoms with Crippen LogP contribution in [-0.4, -0.2) is 23.2 Å². The molecule has 3 rings (SSSR count). The van der Waals surface area contributed by atoms with Crippen LogP contribution in [-0.2, 0) is 16.8 Å². The lowest BCUT2D eigenvalue weighted by Gasteiger charge is -2.10.